The van der Waals surface area contributed by atoms with Gasteiger partial charge in [-0.1, -0.05) is 60.3 Å². The maximum absolute atomic E-state index is 13.0. The van der Waals surface area contributed by atoms with Crippen LogP contribution >= 0.6 is 34.8 Å². The van der Waals surface area contributed by atoms with Gasteiger partial charge in [0.2, 0.25) is 0 Å². The lowest BCUT2D eigenvalue weighted by molar-refractivity contribution is -0.120. The van der Waals surface area contributed by atoms with Crippen LogP contribution in [0.15, 0.2) is 77.5 Å². The Morgan fingerprint density at radius 2 is 1.59 bits per heavy atom. The van der Waals surface area contributed by atoms with Crippen LogP contribution in [0.4, 0.5) is 17.1 Å². The molecule has 0 saturated heterocycles. The number of benzene rings is 3. The quantitative estimate of drug-likeness (QED) is 0.165. The van der Waals surface area contributed by atoms with E-state index in [2.05, 4.69) is 10.6 Å². The lowest BCUT2D eigenvalue weighted by atomic mass is 10.1. The van der Waals surface area contributed by atoms with E-state index in [1.54, 1.807) is 36.4 Å². The number of nitrogens with one attached hydrogen (secondary N) is 2. The molecule has 1 aliphatic heterocycles. The summed E-state index contributed by atoms with van der Waals surface area (Å²) in [5, 5.41) is 5.49. The van der Waals surface area contributed by atoms with Crippen LogP contribution in [0.2, 0.25) is 10.0 Å². The molecule has 8 nitrogen and oxygen atoms in total. The Bertz CT molecular complexity index is 1490. The highest BCUT2D eigenvalue weighted by Crippen LogP contribution is 2.37. The summed E-state index contributed by atoms with van der Waals surface area (Å²) in [6, 6.07) is 17.2. The van der Waals surface area contributed by atoms with Crippen LogP contribution in [-0.4, -0.2) is 30.3 Å². The Balaban J connectivity index is 1.43. The predicted octanol–water partition coefficient (Wildman–Crippen LogP) is 6.64. The van der Waals surface area contributed by atoms with Crippen LogP contribution < -0.4 is 15.5 Å². The van der Waals surface area contributed by atoms with Gasteiger partial charge in [-0.2, -0.15) is 0 Å². The topological polar surface area (TPSA) is 105 Å². The van der Waals surface area contributed by atoms with Gasteiger partial charge in [0, 0.05) is 16.9 Å². The predicted molar refractivity (Wildman–Crippen MR) is 151 cm³/mol. The van der Waals surface area contributed by atoms with Crippen molar-refractivity contribution in [3.05, 3.63) is 98.6 Å². The van der Waals surface area contributed by atoms with E-state index in [-0.39, 0.29) is 26.5 Å². The van der Waals surface area contributed by atoms with E-state index < -0.39 is 23.7 Å². The number of esters is 1. The Morgan fingerprint density at radius 1 is 0.872 bits per heavy atom. The van der Waals surface area contributed by atoms with Crippen molar-refractivity contribution < 1.29 is 23.9 Å². The fraction of sp³-hybridized carbons (Fsp3) is 0.143. The number of unbranched alkanes of at least 4 members (excludes halogenated alkanes) is 1. The number of rotatable bonds is 9. The molecule has 0 saturated carbocycles. The normalized spacial score (nSPS) is 13.1. The van der Waals surface area contributed by atoms with Crippen molar-refractivity contribution in [3.63, 3.8) is 0 Å². The molecular weight excluding hydrogens is 565 g/mol. The number of hydrogen-bond donors (Lipinski definition) is 2. The van der Waals surface area contributed by atoms with E-state index in [1.807, 2.05) is 6.92 Å². The van der Waals surface area contributed by atoms with Crippen LogP contribution in [0.3, 0.4) is 0 Å². The first-order valence-corrected chi connectivity index (χ1v) is 13.0. The van der Waals surface area contributed by atoms with E-state index in [0.29, 0.717) is 29.1 Å². The standard InChI is InChI=1S/C28H22Cl3N3O5/c1-2-3-14-39-28(38)17-6-4-7-19(15-17)33-25(35)16-10-12-18(13-11-16)32-24-23(31)26(36)34(27(24)37)21-9-5-8-20(29)22(21)30/h4-13,15,32H,2-3,14H2,1H3,(H,33,35). The first kappa shape index (κ1) is 28.2. The van der Waals surface area contributed by atoms with Crippen LogP contribution in [0.1, 0.15) is 40.5 Å². The number of halogens is 3. The average Bonchev–Trinajstić information content (AvgIpc) is 3.13. The number of anilines is 3. The minimum atomic E-state index is -0.749. The summed E-state index contributed by atoms with van der Waals surface area (Å²) in [5.74, 6) is -2.33. The fourth-order valence-electron chi connectivity index (χ4n) is 3.66. The monoisotopic (exact) mass is 585 g/mol. The third-order valence-corrected chi connectivity index (χ3v) is 6.86. The van der Waals surface area contributed by atoms with Crippen molar-refractivity contribution in [3.8, 4) is 0 Å². The van der Waals surface area contributed by atoms with Gasteiger partial charge in [-0.05, 0) is 61.0 Å². The van der Waals surface area contributed by atoms with Gasteiger partial charge in [0.25, 0.3) is 17.7 Å². The van der Waals surface area contributed by atoms with Crippen molar-refractivity contribution >= 4 is 75.6 Å². The number of amides is 3. The number of nitrogens with zero attached hydrogens (tertiary/aromatic N) is 1. The van der Waals surface area contributed by atoms with E-state index in [0.717, 1.165) is 17.7 Å². The molecule has 0 atom stereocenters. The minimum Gasteiger partial charge on any atom is -0.462 e. The summed E-state index contributed by atoms with van der Waals surface area (Å²) >= 11 is 18.4. The van der Waals surface area contributed by atoms with Gasteiger partial charge in [-0.25, -0.2) is 9.69 Å². The second-order valence-electron chi connectivity index (χ2n) is 8.43. The van der Waals surface area contributed by atoms with Gasteiger partial charge in [-0.15, -0.1) is 0 Å². The smallest absolute Gasteiger partial charge is 0.338 e. The first-order valence-electron chi connectivity index (χ1n) is 11.9. The molecule has 3 aromatic rings. The summed E-state index contributed by atoms with van der Waals surface area (Å²) < 4.78 is 5.21. The molecule has 0 unspecified atom stereocenters. The Morgan fingerprint density at radius 3 is 2.31 bits per heavy atom. The third kappa shape index (κ3) is 6.25. The molecule has 0 aliphatic carbocycles. The van der Waals surface area contributed by atoms with Crippen molar-refractivity contribution in [2.75, 3.05) is 22.1 Å². The van der Waals surface area contributed by atoms with Gasteiger partial charge in [-0.3, -0.25) is 14.4 Å². The highest BCUT2D eigenvalue weighted by molar-refractivity contribution is 6.54. The summed E-state index contributed by atoms with van der Waals surface area (Å²) in [6.07, 6.45) is 1.68. The van der Waals surface area contributed by atoms with Gasteiger partial charge < -0.3 is 15.4 Å². The van der Waals surface area contributed by atoms with E-state index in [1.165, 1.54) is 30.3 Å². The lowest BCUT2D eigenvalue weighted by Crippen LogP contribution is -2.32. The molecule has 4 rings (SSSR count). The molecule has 3 aromatic carbocycles. The number of carbonyl (C=O) groups excluding carboxylic acids is 4. The van der Waals surface area contributed by atoms with E-state index in [4.69, 9.17) is 39.5 Å². The molecular formula is C28H22Cl3N3O5. The molecule has 1 aliphatic rings. The molecule has 1 heterocycles. The van der Waals surface area contributed by atoms with Crippen molar-refractivity contribution in [2.45, 2.75) is 19.8 Å². The maximum Gasteiger partial charge on any atom is 0.338 e. The third-order valence-electron chi connectivity index (χ3n) is 5.70. The van der Waals surface area contributed by atoms with Gasteiger partial charge in [0.15, 0.2) is 0 Å². The zero-order valence-electron chi connectivity index (χ0n) is 20.6. The van der Waals surface area contributed by atoms with Gasteiger partial charge in [0.05, 0.1) is 27.9 Å². The maximum atomic E-state index is 13.0. The molecule has 0 bridgehead atoms. The summed E-state index contributed by atoms with van der Waals surface area (Å²) in [5.41, 5.74) is 1.46. The highest BCUT2D eigenvalue weighted by Gasteiger charge is 2.40. The zero-order chi connectivity index (χ0) is 28.1. The number of carbonyl (C=O) groups is 4. The number of hydrogen-bond acceptors (Lipinski definition) is 6. The zero-order valence-corrected chi connectivity index (χ0v) is 22.9. The number of ether oxygens (including phenoxy) is 1. The first-order chi connectivity index (χ1) is 18.7. The van der Waals surface area contributed by atoms with Crippen molar-refractivity contribution in [1.29, 1.82) is 0 Å². The summed E-state index contributed by atoms with van der Waals surface area (Å²) in [7, 11) is 0. The average molecular weight is 587 g/mol. The Labute approximate surface area is 239 Å². The largest absolute Gasteiger partial charge is 0.462 e. The van der Waals surface area contributed by atoms with E-state index >= 15 is 0 Å². The minimum absolute atomic E-state index is 0.0425. The highest BCUT2D eigenvalue weighted by atomic mass is 35.5. The molecule has 0 spiro atoms. The van der Waals surface area contributed by atoms with Gasteiger partial charge >= 0.3 is 5.97 Å². The molecule has 39 heavy (non-hydrogen) atoms. The van der Waals surface area contributed by atoms with Crippen molar-refractivity contribution in [2.24, 2.45) is 0 Å². The van der Waals surface area contributed by atoms with Crippen LogP contribution in [-0.2, 0) is 14.3 Å². The SMILES string of the molecule is CCCCOC(=O)c1cccc(NC(=O)c2ccc(NC3=C(Cl)C(=O)N(c4cccc(Cl)c4Cl)C3=O)cc2)c1. The second-order valence-corrected chi connectivity index (χ2v) is 9.60. The van der Waals surface area contributed by atoms with Crippen LogP contribution in [0.25, 0.3) is 0 Å². The molecule has 0 aromatic heterocycles. The van der Waals surface area contributed by atoms with Crippen LogP contribution in [0.5, 0.6) is 0 Å². The lowest BCUT2D eigenvalue weighted by Gasteiger charge is -2.17. The summed E-state index contributed by atoms with van der Waals surface area (Å²) in [4.78, 5) is 51.5. The molecule has 200 valence electrons. The molecule has 11 heteroatoms. The number of imide groups is 1. The van der Waals surface area contributed by atoms with E-state index in [9.17, 15) is 19.2 Å². The molecule has 0 fully saturated rings. The van der Waals surface area contributed by atoms with Gasteiger partial charge in [0.1, 0.15) is 10.7 Å². The molecule has 3 amide bonds. The Hall–Kier alpha value is -3.85. The summed E-state index contributed by atoms with van der Waals surface area (Å²) in [6.45, 7) is 2.33. The van der Waals surface area contributed by atoms with Crippen molar-refractivity contribution in [1.82, 2.24) is 0 Å². The fourth-order valence-corrected chi connectivity index (χ4v) is 4.26. The molecule has 2 N–H and O–H groups in total. The second kappa shape index (κ2) is 12.3. The Kier molecular flexibility index (Phi) is 8.91. The van der Waals surface area contributed by atoms with Crippen LogP contribution in [0, 0.1) is 0 Å². The molecule has 0 radical (unpaired) electrons.